The first-order valence-electron chi connectivity index (χ1n) is 9.38. The number of rotatable bonds is 7. The molecule has 30 heavy (non-hydrogen) atoms. The summed E-state index contributed by atoms with van der Waals surface area (Å²) in [6.45, 7) is 2.25. The Hall–Kier alpha value is -3.35. The van der Waals surface area contributed by atoms with Crippen LogP contribution in [0.5, 0.6) is 5.75 Å². The number of nitrogens with one attached hydrogen (secondary N) is 1. The summed E-state index contributed by atoms with van der Waals surface area (Å²) in [7, 11) is 0. The van der Waals surface area contributed by atoms with E-state index in [2.05, 4.69) is 10.3 Å². The van der Waals surface area contributed by atoms with E-state index in [4.69, 9.17) is 4.74 Å². The van der Waals surface area contributed by atoms with Crippen LogP contribution in [0.15, 0.2) is 73.1 Å². The molecule has 0 aliphatic carbocycles. The van der Waals surface area contributed by atoms with Gasteiger partial charge in [0.05, 0.1) is 18.0 Å². The van der Waals surface area contributed by atoms with Crippen molar-refractivity contribution in [3.63, 3.8) is 0 Å². The molecule has 4 nitrogen and oxygen atoms in total. The number of hydrogen-bond acceptors (Lipinski definition) is 3. The van der Waals surface area contributed by atoms with Gasteiger partial charge in [0.2, 0.25) is 5.91 Å². The number of nitrogens with zero attached hydrogens (tertiary/aromatic N) is 1. The molecule has 2 aromatic carbocycles. The molecule has 0 saturated carbocycles. The standard InChI is InChI=1S/C23H21F3N2O2/c1-16(28-22(29)13-17-4-8-20(9-5-17)23(24,25)26)19-6-10-21(11-7-19)30-15-18-3-2-12-27-14-18/h2-12,14,16H,13,15H2,1H3,(H,28,29). The molecule has 7 heteroatoms. The van der Waals surface area contributed by atoms with E-state index in [1.807, 2.05) is 43.3 Å². The third-order valence-corrected chi connectivity index (χ3v) is 4.53. The number of amides is 1. The van der Waals surface area contributed by atoms with Crippen molar-refractivity contribution in [2.75, 3.05) is 0 Å². The van der Waals surface area contributed by atoms with Crippen molar-refractivity contribution < 1.29 is 22.7 Å². The first kappa shape index (κ1) is 21.4. The molecule has 0 aliphatic rings. The molecule has 1 N–H and O–H groups in total. The monoisotopic (exact) mass is 414 g/mol. The van der Waals surface area contributed by atoms with E-state index in [1.54, 1.807) is 12.4 Å². The molecule has 3 rings (SSSR count). The molecule has 1 amide bonds. The first-order valence-corrected chi connectivity index (χ1v) is 9.38. The summed E-state index contributed by atoms with van der Waals surface area (Å²) in [6, 6.07) is 15.5. The summed E-state index contributed by atoms with van der Waals surface area (Å²) in [4.78, 5) is 16.3. The zero-order chi connectivity index (χ0) is 21.6. The van der Waals surface area contributed by atoms with Crippen molar-refractivity contribution in [3.8, 4) is 5.75 Å². The highest BCUT2D eigenvalue weighted by molar-refractivity contribution is 5.79. The highest BCUT2D eigenvalue weighted by Crippen LogP contribution is 2.29. The lowest BCUT2D eigenvalue weighted by atomic mass is 10.1. The lowest BCUT2D eigenvalue weighted by molar-refractivity contribution is -0.137. The fourth-order valence-corrected chi connectivity index (χ4v) is 2.88. The van der Waals surface area contributed by atoms with Crippen LogP contribution < -0.4 is 10.1 Å². The predicted octanol–water partition coefficient (Wildman–Crippen LogP) is 5.10. The average Bonchev–Trinajstić information content (AvgIpc) is 2.73. The molecule has 1 atom stereocenters. The van der Waals surface area contributed by atoms with Crippen molar-refractivity contribution in [3.05, 3.63) is 95.3 Å². The van der Waals surface area contributed by atoms with Crippen molar-refractivity contribution >= 4 is 5.91 Å². The van der Waals surface area contributed by atoms with Gasteiger partial charge in [-0.25, -0.2) is 0 Å². The van der Waals surface area contributed by atoms with Gasteiger partial charge in [0.1, 0.15) is 12.4 Å². The van der Waals surface area contributed by atoms with Crippen molar-refractivity contribution in [2.45, 2.75) is 32.2 Å². The van der Waals surface area contributed by atoms with E-state index in [0.29, 0.717) is 17.9 Å². The van der Waals surface area contributed by atoms with Gasteiger partial charge >= 0.3 is 6.18 Å². The number of carbonyl (C=O) groups is 1. The molecular formula is C23H21F3N2O2. The summed E-state index contributed by atoms with van der Waals surface area (Å²) >= 11 is 0. The van der Waals surface area contributed by atoms with E-state index in [1.165, 1.54) is 12.1 Å². The third kappa shape index (κ3) is 6.07. The molecule has 1 heterocycles. The number of aromatic nitrogens is 1. The molecule has 156 valence electrons. The number of alkyl halides is 3. The number of halogens is 3. The SMILES string of the molecule is CC(NC(=O)Cc1ccc(C(F)(F)F)cc1)c1ccc(OCc2cccnc2)cc1. The Morgan fingerprint density at radius 2 is 1.73 bits per heavy atom. The molecule has 0 aliphatic heterocycles. The van der Waals surface area contributed by atoms with E-state index < -0.39 is 11.7 Å². The molecule has 1 unspecified atom stereocenters. The second-order valence-electron chi connectivity index (χ2n) is 6.88. The Morgan fingerprint density at radius 1 is 1.03 bits per heavy atom. The van der Waals surface area contributed by atoms with Crippen LogP contribution in [0.3, 0.4) is 0 Å². The lowest BCUT2D eigenvalue weighted by Gasteiger charge is -2.15. The smallest absolute Gasteiger partial charge is 0.416 e. The number of benzene rings is 2. The minimum atomic E-state index is -4.39. The molecule has 1 aromatic heterocycles. The van der Waals surface area contributed by atoms with E-state index in [-0.39, 0.29) is 18.4 Å². The predicted molar refractivity (Wildman–Crippen MR) is 107 cm³/mol. The zero-order valence-corrected chi connectivity index (χ0v) is 16.3. The number of carbonyl (C=O) groups excluding carboxylic acids is 1. The van der Waals surface area contributed by atoms with Gasteiger partial charge < -0.3 is 10.1 Å². The van der Waals surface area contributed by atoms with E-state index in [9.17, 15) is 18.0 Å². The minimum Gasteiger partial charge on any atom is -0.489 e. The fourth-order valence-electron chi connectivity index (χ4n) is 2.88. The van der Waals surface area contributed by atoms with Crippen LogP contribution in [0, 0.1) is 0 Å². The van der Waals surface area contributed by atoms with Crippen LogP contribution in [-0.2, 0) is 24.0 Å². The maximum absolute atomic E-state index is 12.6. The molecule has 0 spiro atoms. The van der Waals surface area contributed by atoms with Gasteiger partial charge in [0.15, 0.2) is 0 Å². The maximum Gasteiger partial charge on any atom is 0.416 e. The normalized spacial score (nSPS) is 12.3. The summed E-state index contributed by atoms with van der Waals surface area (Å²) in [5.74, 6) is 0.435. The molecule has 0 bridgehead atoms. The quantitative estimate of drug-likeness (QED) is 0.585. The van der Waals surface area contributed by atoms with Crippen molar-refractivity contribution in [2.24, 2.45) is 0 Å². The minimum absolute atomic E-state index is 0.00871. The van der Waals surface area contributed by atoms with Crippen LogP contribution in [0.1, 0.15) is 35.2 Å². The van der Waals surface area contributed by atoms with Gasteiger partial charge in [0, 0.05) is 18.0 Å². The molecule has 3 aromatic rings. The van der Waals surface area contributed by atoms with Crippen LogP contribution in [0.4, 0.5) is 13.2 Å². The Morgan fingerprint density at radius 3 is 2.33 bits per heavy atom. The first-order chi connectivity index (χ1) is 14.3. The van der Waals surface area contributed by atoms with Crippen LogP contribution in [0.25, 0.3) is 0 Å². The summed E-state index contributed by atoms with van der Waals surface area (Å²) in [5.41, 5.74) is 1.65. The Kier molecular flexibility index (Phi) is 6.72. The van der Waals surface area contributed by atoms with Crippen LogP contribution in [0.2, 0.25) is 0 Å². The molecule has 0 fully saturated rings. The number of pyridine rings is 1. The summed E-state index contributed by atoms with van der Waals surface area (Å²) in [6.07, 6.45) is -0.938. The summed E-state index contributed by atoms with van der Waals surface area (Å²) < 4.78 is 43.6. The Labute approximate surface area is 172 Å². The van der Waals surface area contributed by atoms with Crippen molar-refractivity contribution in [1.29, 1.82) is 0 Å². The third-order valence-electron chi connectivity index (χ3n) is 4.53. The lowest BCUT2D eigenvalue weighted by Crippen LogP contribution is -2.28. The zero-order valence-electron chi connectivity index (χ0n) is 16.3. The van der Waals surface area contributed by atoms with E-state index >= 15 is 0 Å². The average molecular weight is 414 g/mol. The second kappa shape index (κ2) is 9.43. The van der Waals surface area contributed by atoms with Gasteiger partial charge in [-0.2, -0.15) is 13.2 Å². The van der Waals surface area contributed by atoms with Crippen LogP contribution >= 0.6 is 0 Å². The Balaban J connectivity index is 1.51. The molecule has 0 saturated heterocycles. The highest BCUT2D eigenvalue weighted by Gasteiger charge is 2.30. The topological polar surface area (TPSA) is 51.2 Å². The maximum atomic E-state index is 12.6. The van der Waals surface area contributed by atoms with Gasteiger partial charge in [-0.3, -0.25) is 9.78 Å². The van der Waals surface area contributed by atoms with Gasteiger partial charge in [0.25, 0.3) is 0 Å². The van der Waals surface area contributed by atoms with Crippen LogP contribution in [-0.4, -0.2) is 10.9 Å². The molecular weight excluding hydrogens is 393 g/mol. The second-order valence-corrected chi connectivity index (χ2v) is 6.88. The van der Waals surface area contributed by atoms with E-state index in [0.717, 1.165) is 23.3 Å². The Bertz CT molecular complexity index is 956. The largest absolute Gasteiger partial charge is 0.489 e. The molecule has 0 radical (unpaired) electrons. The fraction of sp³-hybridized carbons (Fsp3) is 0.217. The van der Waals surface area contributed by atoms with Gasteiger partial charge in [-0.05, 0) is 48.4 Å². The number of hydrogen-bond donors (Lipinski definition) is 1. The van der Waals surface area contributed by atoms with Crippen molar-refractivity contribution in [1.82, 2.24) is 10.3 Å². The summed E-state index contributed by atoms with van der Waals surface area (Å²) in [5, 5.41) is 2.86. The van der Waals surface area contributed by atoms with Gasteiger partial charge in [-0.1, -0.05) is 30.3 Å². The number of ether oxygens (including phenoxy) is 1. The highest BCUT2D eigenvalue weighted by atomic mass is 19.4. The van der Waals surface area contributed by atoms with Gasteiger partial charge in [-0.15, -0.1) is 0 Å².